The van der Waals surface area contributed by atoms with Crippen molar-refractivity contribution >= 4 is 10.0 Å². The maximum atomic E-state index is 12.2. The van der Waals surface area contributed by atoms with Gasteiger partial charge in [0.15, 0.2) is 0 Å². The molecule has 0 unspecified atom stereocenters. The van der Waals surface area contributed by atoms with E-state index in [1.165, 1.54) is 0 Å². The predicted molar refractivity (Wildman–Crippen MR) is 76.3 cm³/mol. The topological polar surface area (TPSA) is 46.2 Å². The van der Waals surface area contributed by atoms with Crippen LogP contribution in [0.2, 0.25) is 0 Å². The fourth-order valence-corrected chi connectivity index (χ4v) is 2.88. The largest absolute Gasteiger partial charge is 0.240 e. The summed E-state index contributed by atoms with van der Waals surface area (Å²) < 4.78 is 26.9. The Morgan fingerprint density at radius 3 is 2.32 bits per heavy atom. The van der Waals surface area contributed by atoms with E-state index >= 15 is 0 Å². The van der Waals surface area contributed by atoms with Crippen molar-refractivity contribution in [3.63, 3.8) is 0 Å². The Labute approximate surface area is 114 Å². The van der Waals surface area contributed by atoms with Crippen molar-refractivity contribution in [2.75, 3.05) is 0 Å². The molecule has 0 radical (unpaired) electrons. The third kappa shape index (κ3) is 3.66. The van der Waals surface area contributed by atoms with Crippen LogP contribution in [0.1, 0.15) is 18.1 Å². The van der Waals surface area contributed by atoms with Crippen LogP contribution in [0.4, 0.5) is 0 Å². The summed E-state index contributed by atoms with van der Waals surface area (Å²) in [6, 6.07) is 16.5. The SMILES string of the molecule is CCc1cccc(S(=O)(=O)NCc2ccccc2)c1. The minimum absolute atomic E-state index is 0.305. The lowest BCUT2D eigenvalue weighted by atomic mass is 10.2. The van der Waals surface area contributed by atoms with Gasteiger partial charge in [0.25, 0.3) is 0 Å². The zero-order valence-corrected chi connectivity index (χ0v) is 11.7. The molecular formula is C15H17NO2S. The highest BCUT2D eigenvalue weighted by Crippen LogP contribution is 2.12. The molecular weight excluding hydrogens is 258 g/mol. The van der Waals surface area contributed by atoms with Gasteiger partial charge >= 0.3 is 0 Å². The summed E-state index contributed by atoms with van der Waals surface area (Å²) >= 11 is 0. The summed E-state index contributed by atoms with van der Waals surface area (Å²) in [5.74, 6) is 0. The molecule has 19 heavy (non-hydrogen) atoms. The second-order valence-electron chi connectivity index (χ2n) is 4.31. The van der Waals surface area contributed by atoms with E-state index in [0.717, 1.165) is 17.5 Å². The van der Waals surface area contributed by atoms with Crippen molar-refractivity contribution in [3.8, 4) is 0 Å². The third-order valence-electron chi connectivity index (χ3n) is 2.93. The molecule has 0 spiro atoms. The van der Waals surface area contributed by atoms with Gasteiger partial charge in [0, 0.05) is 6.54 Å². The molecule has 0 saturated heterocycles. The second kappa shape index (κ2) is 5.99. The Bertz CT molecular complexity index is 636. The monoisotopic (exact) mass is 275 g/mol. The van der Waals surface area contributed by atoms with E-state index in [1.54, 1.807) is 18.2 Å². The summed E-state index contributed by atoms with van der Waals surface area (Å²) in [6.07, 6.45) is 0.821. The van der Waals surface area contributed by atoms with Crippen LogP contribution in [0.15, 0.2) is 59.5 Å². The van der Waals surface area contributed by atoms with Crippen molar-refractivity contribution < 1.29 is 8.42 Å². The van der Waals surface area contributed by atoms with Crippen LogP contribution in [0.5, 0.6) is 0 Å². The average Bonchev–Trinajstić information content (AvgIpc) is 2.46. The summed E-state index contributed by atoms with van der Waals surface area (Å²) in [7, 11) is -3.44. The van der Waals surface area contributed by atoms with Crippen LogP contribution in [-0.2, 0) is 23.0 Å². The molecule has 0 saturated carbocycles. The van der Waals surface area contributed by atoms with Crippen LogP contribution in [-0.4, -0.2) is 8.42 Å². The fourth-order valence-electron chi connectivity index (χ4n) is 1.79. The molecule has 2 aromatic carbocycles. The average molecular weight is 275 g/mol. The van der Waals surface area contributed by atoms with E-state index in [1.807, 2.05) is 43.3 Å². The lowest BCUT2D eigenvalue weighted by molar-refractivity contribution is 0.581. The van der Waals surface area contributed by atoms with Gasteiger partial charge in [-0.1, -0.05) is 49.4 Å². The first-order valence-corrected chi connectivity index (χ1v) is 7.72. The van der Waals surface area contributed by atoms with Crippen molar-refractivity contribution in [2.24, 2.45) is 0 Å². The van der Waals surface area contributed by atoms with E-state index in [2.05, 4.69) is 4.72 Å². The van der Waals surface area contributed by atoms with Gasteiger partial charge in [0.05, 0.1) is 4.90 Å². The summed E-state index contributed by atoms with van der Waals surface area (Å²) in [5, 5.41) is 0. The Hall–Kier alpha value is -1.65. The van der Waals surface area contributed by atoms with Gasteiger partial charge < -0.3 is 0 Å². The molecule has 100 valence electrons. The van der Waals surface area contributed by atoms with Crippen LogP contribution in [0.25, 0.3) is 0 Å². The highest BCUT2D eigenvalue weighted by Gasteiger charge is 2.13. The van der Waals surface area contributed by atoms with E-state index in [-0.39, 0.29) is 0 Å². The number of hydrogen-bond donors (Lipinski definition) is 1. The summed E-state index contributed by atoms with van der Waals surface area (Å²) in [6.45, 7) is 2.31. The van der Waals surface area contributed by atoms with Crippen LogP contribution >= 0.6 is 0 Å². The molecule has 0 aliphatic carbocycles. The van der Waals surface area contributed by atoms with Crippen LogP contribution in [0.3, 0.4) is 0 Å². The van der Waals surface area contributed by atoms with Gasteiger partial charge in [-0.25, -0.2) is 13.1 Å². The highest BCUT2D eigenvalue weighted by atomic mass is 32.2. The molecule has 2 aromatic rings. The van der Waals surface area contributed by atoms with Gasteiger partial charge in [-0.2, -0.15) is 0 Å². The lowest BCUT2D eigenvalue weighted by Crippen LogP contribution is -2.23. The number of hydrogen-bond acceptors (Lipinski definition) is 2. The fraction of sp³-hybridized carbons (Fsp3) is 0.200. The smallest absolute Gasteiger partial charge is 0.207 e. The molecule has 2 rings (SSSR count). The zero-order chi connectivity index (χ0) is 13.7. The zero-order valence-electron chi connectivity index (χ0n) is 10.8. The molecule has 4 heteroatoms. The van der Waals surface area contributed by atoms with Gasteiger partial charge in [0.1, 0.15) is 0 Å². The van der Waals surface area contributed by atoms with Gasteiger partial charge in [-0.15, -0.1) is 0 Å². The molecule has 0 aliphatic rings. The molecule has 0 atom stereocenters. The summed E-state index contributed by atoms with van der Waals surface area (Å²) in [4.78, 5) is 0.322. The molecule has 0 amide bonds. The predicted octanol–water partition coefficient (Wildman–Crippen LogP) is 2.73. The van der Waals surface area contributed by atoms with E-state index in [0.29, 0.717) is 11.4 Å². The molecule has 0 aromatic heterocycles. The van der Waals surface area contributed by atoms with Gasteiger partial charge in [0.2, 0.25) is 10.0 Å². The van der Waals surface area contributed by atoms with E-state index in [4.69, 9.17) is 0 Å². The van der Waals surface area contributed by atoms with Crippen molar-refractivity contribution in [1.82, 2.24) is 4.72 Å². The number of sulfonamides is 1. The molecule has 0 heterocycles. The minimum Gasteiger partial charge on any atom is -0.207 e. The second-order valence-corrected chi connectivity index (χ2v) is 6.08. The molecule has 0 aliphatic heterocycles. The quantitative estimate of drug-likeness (QED) is 0.912. The maximum absolute atomic E-state index is 12.2. The molecule has 1 N–H and O–H groups in total. The Kier molecular flexibility index (Phi) is 4.35. The Balaban J connectivity index is 2.14. The first-order chi connectivity index (χ1) is 9.12. The van der Waals surface area contributed by atoms with Gasteiger partial charge in [-0.05, 0) is 29.7 Å². The van der Waals surface area contributed by atoms with E-state index in [9.17, 15) is 8.42 Å². The standard InChI is InChI=1S/C15H17NO2S/c1-2-13-9-6-10-15(11-13)19(17,18)16-12-14-7-4-3-5-8-14/h3-11,16H,2,12H2,1H3. The molecule has 0 fully saturated rings. The van der Waals surface area contributed by atoms with Crippen LogP contribution in [0, 0.1) is 0 Å². The first-order valence-electron chi connectivity index (χ1n) is 6.24. The summed E-state index contributed by atoms with van der Waals surface area (Å²) in [5.41, 5.74) is 1.96. The number of nitrogens with one attached hydrogen (secondary N) is 1. The van der Waals surface area contributed by atoms with Crippen molar-refractivity contribution in [1.29, 1.82) is 0 Å². The van der Waals surface area contributed by atoms with Gasteiger partial charge in [-0.3, -0.25) is 0 Å². The van der Waals surface area contributed by atoms with Crippen molar-refractivity contribution in [3.05, 3.63) is 65.7 Å². The van der Waals surface area contributed by atoms with E-state index < -0.39 is 10.0 Å². The minimum atomic E-state index is -3.44. The third-order valence-corrected chi connectivity index (χ3v) is 4.33. The number of rotatable bonds is 5. The first kappa shape index (κ1) is 13.8. The highest BCUT2D eigenvalue weighted by molar-refractivity contribution is 7.89. The normalized spacial score (nSPS) is 11.4. The Morgan fingerprint density at radius 2 is 1.63 bits per heavy atom. The number of benzene rings is 2. The van der Waals surface area contributed by atoms with Crippen LogP contribution < -0.4 is 4.72 Å². The maximum Gasteiger partial charge on any atom is 0.240 e. The Morgan fingerprint density at radius 1 is 0.947 bits per heavy atom. The molecule has 0 bridgehead atoms. The van der Waals surface area contributed by atoms with Crippen molar-refractivity contribution in [2.45, 2.75) is 24.8 Å². The number of aryl methyl sites for hydroxylation is 1. The molecule has 3 nitrogen and oxygen atoms in total. The lowest BCUT2D eigenvalue weighted by Gasteiger charge is -2.08.